The largest absolute Gasteiger partial charge is 0.381 e. The van der Waals surface area contributed by atoms with Crippen LogP contribution in [-0.4, -0.2) is 25.8 Å². The molecule has 0 aliphatic carbocycles. The van der Waals surface area contributed by atoms with Gasteiger partial charge in [-0.2, -0.15) is 4.31 Å². The zero-order chi connectivity index (χ0) is 17.0. The number of anilines is 1. The fourth-order valence-corrected chi connectivity index (χ4v) is 4.43. The Morgan fingerprint density at radius 3 is 2.17 bits per heavy atom. The Kier molecular flexibility index (Phi) is 5.21. The molecular weight excluding hydrogens is 320 g/mol. The SMILES string of the molecule is Cc1ccc(CNc2ccc(S(=O)(=O)N3CCCCC3)cc2)cc1. The summed E-state index contributed by atoms with van der Waals surface area (Å²) in [5.74, 6) is 0. The number of nitrogens with zero attached hydrogens (tertiary/aromatic N) is 1. The fraction of sp³-hybridized carbons (Fsp3) is 0.368. The topological polar surface area (TPSA) is 49.4 Å². The van der Waals surface area contributed by atoms with Gasteiger partial charge in [0.15, 0.2) is 0 Å². The fourth-order valence-electron chi connectivity index (χ4n) is 2.91. The lowest BCUT2D eigenvalue weighted by Gasteiger charge is -2.25. The highest BCUT2D eigenvalue weighted by Gasteiger charge is 2.25. The van der Waals surface area contributed by atoms with Gasteiger partial charge in [-0.25, -0.2) is 8.42 Å². The first-order chi connectivity index (χ1) is 11.6. The van der Waals surface area contributed by atoms with Gasteiger partial charge in [-0.3, -0.25) is 0 Å². The number of sulfonamides is 1. The Hall–Kier alpha value is -1.85. The quantitative estimate of drug-likeness (QED) is 0.898. The zero-order valence-electron chi connectivity index (χ0n) is 14.0. The highest BCUT2D eigenvalue weighted by atomic mass is 32.2. The summed E-state index contributed by atoms with van der Waals surface area (Å²) in [6.45, 7) is 4.06. The highest BCUT2D eigenvalue weighted by Crippen LogP contribution is 2.22. The van der Waals surface area contributed by atoms with Gasteiger partial charge in [0.05, 0.1) is 4.90 Å². The van der Waals surface area contributed by atoms with Crippen LogP contribution in [0.2, 0.25) is 0 Å². The first-order valence-corrected chi connectivity index (χ1v) is 9.89. The van der Waals surface area contributed by atoms with Crippen molar-refractivity contribution in [1.29, 1.82) is 0 Å². The Labute approximate surface area is 144 Å². The molecule has 0 atom stereocenters. The van der Waals surface area contributed by atoms with Gasteiger partial charge in [-0.1, -0.05) is 36.2 Å². The van der Waals surface area contributed by atoms with Gasteiger partial charge in [0.2, 0.25) is 10.0 Å². The number of aryl methyl sites for hydroxylation is 1. The Morgan fingerprint density at radius 1 is 0.917 bits per heavy atom. The van der Waals surface area contributed by atoms with Crippen molar-refractivity contribution < 1.29 is 8.42 Å². The van der Waals surface area contributed by atoms with Crippen molar-refractivity contribution in [3.63, 3.8) is 0 Å². The van der Waals surface area contributed by atoms with Gasteiger partial charge in [-0.15, -0.1) is 0 Å². The molecular formula is C19H24N2O2S. The Bertz CT molecular complexity index is 762. The molecule has 5 heteroatoms. The molecule has 1 aliphatic heterocycles. The molecule has 128 valence electrons. The van der Waals surface area contributed by atoms with E-state index in [1.807, 2.05) is 12.1 Å². The van der Waals surface area contributed by atoms with Crippen LogP contribution in [0.1, 0.15) is 30.4 Å². The summed E-state index contributed by atoms with van der Waals surface area (Å²) in [6, 6.07) is 15.4. The zero-order valence-corrected chi connectivity index (χ0v) is 14.8. The molecule has 1 fully saturated rings. The molecule has 0 unspecified atom stereocenters. The standard InChI is InChI=1S/C19H24N2O2S/c1-16-5-7-17(8-6-16)15-20-18-9-11-19(12-10-18)24(22,23)21-13-3-2-4-14-21/h5-12,20H,2-4,13-15H2,1H3. The minimum Gasteiger partial charge on any atom is -0.381 e. The van der Waals surface area contributed by atoms with Gasteiger partial charge < -0.3 is 5.32 Å². The maximum Gasteiger partial charge on any atom is 0.243 e. The number of rotatable bonds is 5. The second kappa shape index (κ2) is 7.36. The second-order valence-electron chi connectivity index (χ2n) is 6.33. The van der Waals surface area contributed by atoms with E-state index < -0.39 is 10.0 Å². The third kappa shape index (κ3) is 3.97. The molecule has 0 bridgehead atoms. The van der Waals surface area contributed by atoms with Crippen molar-refractivity contribution in [2.45, 2.75) is 37.6 Å². The van der Waals surface area contributed by atoms with Crippen molar-refractivity contribution in [2.24, 2.45) is 0 Å². The van der Waals surface area contributed by atoms with Crippen LogP contribution in [0, 0.1) is 6.92 Å². The van der Waals surface area contributed by atoms with Crippen LogP contribution in [-0.2, 0) is 16.6 Å². The molecule has 1 saturated heterocycles. The first kappa shape index (κ1) is 17.0. The lowest BCUT2D eigenvalue weighted by atomic mass is 10.1. The van der Waals surface area contributed by atoms with E-state index in [1.54, 1.807) is 16.4 Å². The van der Waals surface area contributed by atoms with Crippen LogP contribution in [0.25, 0.3) is 0 Å². The summed E-state index contributed by atoms with van der Waals surface area (Å²) >= 11 is 0. The number of hydrogen-bond acceptors (Lipinski definition) is 3. The molecule has 1 heterocycles. The van der Waals surface area contributed by atoms with Crippen LogP contribution >= 0.6 is 0 Å². The van der Waals surface area contributed by atoms with Gasteiger partial charge in [0.25, 0.3) is 0 Å². The molecule has 0 radical (unpaired) electrons. The monoisotopic (exact) mass is 344 g/mol. The van der Waals surface area contributed by atoms with E-state index in [-0.39, 0.29) is 0 Å². The summed E-state index contributed by atoms with van der Waals surface area (Å²) in [4.78, 5) is 0.380. The minimum absolute atomic E-state index is 0.380. The van der Waals surface area contributed by atoms with E-state index in [1.165, 1.54) is 11.1 Å². The molecule has 0 aromatic heterocycles. The summed E-state index contributed by atoms with van der Waals surface area (Å²) in [5, 5.41) is 3.33. The molecule has 24 heavy (non-hydrogen) atoms. The predicted molar refractivity (Wildman–Crippen MR) is 97.6 cm³/mol. The van der Waals surface area contributed by atoms with Crippen LogP contribution in [0.5, 0.6) is 0 Å². The Balaban J connectivity index is 1.65. The molecule has 4 nitrogen and oxygen atoms in total. The lowest BCUT2D eigenvalue weighted by molar-refractivity contribution is 0.346. The van der Waals surface area contributed by atoms with Crippen molar-refractivity contribution >= 4 is 15.7 Å². The van der Waals surface area contributed by atoms with Gasteiger partial charge in [-0.05, 0) is 49.6 Å². The smallest absolute Gasteiger partial charge is 0.243 e. The van der Waals surface area contributed by atoms with E-state index in [4.69, 9.17) is 0 Å². The Morgan fingerprint density at radius 2 is 1.54 bits per heavy atom. The van der Waals surface area contributed by atoms with Crippen molar-refractivity contribution in [3.8, 4) is 0 Å². The second-order valence-corrected chi connectivity index (χ2v) is 8.27. The molecule has 2 aromatic rings. The first-order valence-electron chi connectivity index (χ1n) is 8.45. The summed E-state index contributed by atoms with van der Waals surface area (Å²) in [7, 11) is -3.35. The van der Waals surface area contributed by atoms with Crippen LogP contribution < -0.4 is 5.32 Å². The van der Waals surface area contributed by atoms with Crippen molar-refractivity contribution in [1.82, 2.24) is 4.31 Å². The maximum absolute atomic E-state index is 12.6. The predicted octanol–water partition coefficient (Wildman–Crippen LogP) is 3.78. The van der Waals surface area contributed by atoms with Crippen LogP contribution in [0.15, 0.2) is 53.4 Å². The van der Waals surface area contributed by atoms with E-state index >= 15 is 0 Å². The average molecular weight is 344 g/mol. The molecule has 0 saturated carbocycles. The summed E-state index contributed by atoms with van der Waals surface area (Å²) in [6.07, 6.45) is 3.03. The van der Waals surface area contributed by atoms with Crippen molar-refractivity contribution in [2.75, 3.05) is 18.4 Å². The normalized spacial score (nSPS) is 16.0. The molecule has 3 rings (SSSR count). The van der Waals surface area contributed by atoms with E-state index in [2.05, 4.69) is 36.5 Å². The molecule has 2 aromatic carbocycles. The summed E-state index contributed by atoms with van der Waals surface area (Å²) in [5.41, 5.74) is 3.37. The lowest BCUT2D eigenvalue weighted by Crippen LogP contribution is -2.35. The van der Waals surface area contributed by atoms with Gasteiger partial charge >= 0.3 is 0 Å². The third-order valence-corrected chi connectivity index (χ3v) is 6.34. The third-order valence-electron chi connectivity index (χ3n) is 4.42. The minimum atomic E-state index is -3.35. The molecule has 0 amide bonds. The van der Waals surface area contributed by atoms with Crippen LogP contribution in [0.4, 0.5) is 5.69 Å². The van der Waals surface area contributed by atoms with Crippen LogP contribution in [0.3, 0.4) is 0 Å². The van der Waals surface area contributed by atoms with E-state index in [0.29, 0.717) is 18.0 Å². The summed E-state index contributed by atoms with van der Waals surface area (Å²) < 4.78 is 26.8. The van der Waals surface area contributed by atoms with E-state index in [0.717, 1.165) is 31.5 Å². The van der Waals surface area contributed by atoms with Gasteiger partial charge in [0.1, 0.15) is 0 Å². The van der Waals surface area contributed by atoms with Crippen molar-refractivity contribution in [3.05, 3.63) is 59.7 Å². The molecule has 1 N–H and O–H groups in total. The number of piperidine rings is 1. The van der Waals surface area contributed by atoms with Gasteiger partial charge in [0, 0.05) is 25.3 Å². The number of benzene rings is 2. The van der Waals surface area contributed by atoms with E-state index in [9.17, 15) is 8.42 Å². The number of nitrogens with one attached hydrogen (secondary N) is 1. The molecule has 0 spiro atoms. The number of hydrogen-bond donors (Lipinski definition) is 1. The average Bonchev–Trinajstić information content (AvgIpc) is 2.62. The molecule has 1 aliphatic rings. The maximum atomic E-state index is 12.6. The highest BCUT2D eigenvalue weighted by molar-refractivity contribution is 7.89.